The topological polar surface area (TPSA) is 94.8 Å². The summed E-state index contributed by atoms with van der Waals surface area (Å²) in [6.07, 6.45) is -6.00. The number of halogens is 3. The van der Waals surface area contributed by atoms with Crippen LogP contribution in [0.1, 0.15) is 6.42 Å². The van der Waals surface area contributed by atoms with E-state index in [0.29, 0.717) is 11.0 Å². The number of hydrogen-bond donors (Lipinski definition) is 3. The second kappa shape index (κ2) is 7.17. The molecule has 0 heterocycles. The lowest BCUT2D eigenvalue weighted by Crippen LogP contribution is -2.42. The van der Waals surface area contributed by atoms with Gasteiger partial charge in [0.05, 0.1) is 27.6 Å². The molecule has 0 bridgehead atoms. The first kappa shape index (κ1) is 19.0. The maximum Gasteiger partial charge on any atom is 0.490 e. The Morgan fingerprint density at radius 1 is 1.17 bits per heavy atom. The summed E-state index contributed by atoms with van der Waals surface area (Å²) in [5.41, 5.74) is 0. The zero-order valence-electron chi connectivity index (χ0n) is 10.2. The standard InChI is InChI=1S/C7H15NO3.C2HF3O2/c1-8(2,3)5-6(9)4-7(10)11;3-2(4,5)1(6)7/h6,9H,4-5H2,1-3H3;(H,6,7)/p+1. The van der Waals surface area contributed by atoms with Crippen LogP contribution in [-0.4, -0.2) is 71.7 Å². The lowest BCUT2D eigenvalue weighted by Gasteiger charge is -2.25. The summed E-state index contributed by atoms with van der Waals surface area (Å²) in [4.78, 5) is 19.0. The molecule has 9 heteroatoms. The van der Waals surface area contributed by atoms with Gasteiger partial charge in [-0.1, -0.05) is 0 Å². The summed E-state index contributed by atoms with van der Waals surface area (Å²) < 4.78 is 32.3. The van der Waals surface area contributed by atoms with Crippen LogP contribution in [0.5, 0.6) is 0 Å². The summed E-state index contributed by atoms with van der Waals surface area (Å²) in [5.74, 6) is -3.71. The van der Waals surface area contributed by atoms with E-state index in [2.05, 4.69) is 0 Å². The molecule has 0 amide bonds. The van der Waals surface area contributed by atoms with Crippen LogP contribution in [0.3, 0.4) is 0 Å². The minimum absolute atomic E-state index is 0.171. The number of carbonyl (C=O) groups is 2. The van der Waals surface area contributed by atoms with Crippen molar-refractivity contribution in [3.05, 3.63) is 0 Å². The number of aliphatic carboxylic acids is 2. The lowest BCUT2D eigenvalue weighted by atomic mass is 10.2. The molecule has 0 saturated heterocycles. The van der Waals surface area contributed by atoms with Crippen molar-refractivity contribution in [2.45, 2.75) is 18.7 Å². The van der Waals surface area contributed by atoms with Gasteiger partial charge in [0.1, 0.15) is 12.6 Å². The molecule has 3 N–H and O–H groups in total. The first-order valence-electron chi connectivity index (χ1n) is 4.76. The van der Waals surface area contributed by atoms with Gasteiger partial charge < -0.3 is 19.8 Å². The molecule has 0 saturated carbocycles. The summed E-state index contributed by atoms with van der Waals surface area (Å²) in [7, 11) is 5.72. The summed E-state index contributed by atoms with van der Waals surface area (Å²) in [6, 6.07) is 0. The number of aliphatic hydroxyl groups is 1. The quantitative estimate of drug-likeness (QED) is 0.636. The predicted octanol–water partition coefficient (Wildman–Crippen LogP) is 0.161. The van der Waals surface area contributed by atoms with E-state index in [4.69, 9.17) is 20.1 Å². The highest BCUT2D eigenvalue weighted by Gasteiger charge is 2.38. The van der Waals surface area contributed by atoms with Crippen molar-refractivity contribution in [3.8, 4) is 0 Å². The van der Waals surface area contributed by atoms with Gasteiger partial charge in [0.2, 0.25) is 0 Å². The molecule has 0 radical (unpaired) electrons. The number of hydrogen-bond acceptors (Lipinski definition) is 3. The number of aliphatic hydroxyl groups excluding tert-OH is 1. The Hall–Kier alpha value is -1.35. The lowest BCUT2D eigenvalue weighted by molar-refractivity contribution is -0.873. The number of rotatable bonds is 4. The molecule has 0 aromatic rings. The van der Waals surface area contributed by atoms with Gasteiger partial charge in [-0.15, -0.1) is 0 Å². The maximum absolute atomic E-state index is 10.6. The molecule has 0 aliphatic rings. The highest BCUT2D eigenvalue weighted by atomic mass is 19.4. The summed E-state index contributed by atoms with van der Waals surface area (Å²) >= 11 is 0. The number of carboxylic acids is 2. The van der Waals surface area contributed by atoms with E-state index in [1.165, 1.54) is 0 Å². The van der Waals surface area contributed by atoms with Gasteiger partial charge in [-0.25, -0.2) is 4.79 Å². The van der Waals surface area contributed by atoms with Gasteiger partial charge in [-0.05, 0) is 0 Å². The number of nitrogens with zero attached hydrogens (tertiary/aromatic N) is 1. The maximum atomic E-state index is 10.6. The normalized spacial score (nSPS) is 13.3. The van der Waals surface area contributed by atoms with E-state index in [1.54, 1.807) is 0 Å². The highest BCUT2D eigenvalue weighted by Crippen LogP contribution is 2.13. The number of carboxylic acid groups (broad SMARTS) is 2. The largest absolute Gasteiger partial charge is 0.490 e. The predicted molar refractivity (Wildman–Crippen MR) is 54.8 cm³/mol. The fourth-order valence-corrected chi connectivity index (χ4v) is 0.898. The SMILES string of the molecule is C[N+](C)(C)CC(O)CC(=O)O.O=C(O)C(F)(F)F. The molecular weight excluding hydrogens is 259 g/mol. The first-order valence-corrected chi connectivity index (χ1v) is 4.76. The molecule has 0 aliphatic heterocycles. The average molecular weight is 276 g/mol. The van der Waals surface area contributed by atoms with Crippen LogP contribution in [0.15, 0.2) is 0 Å². The van der Waals surface area contributed by atoms with E-state index in [1.807, 2.05) is 21.1 Å². The van der Waals surface area contributed by atoms with Crippen LogP contribution in [0.2, 0.25) is 0 Å². The van der Waals surface area contributed by atoms with Crippen LogP contribution in [0, 0.1) is 0 Å². The molecule has 18 heavy (non-hydrogen) atoms. The van der Waals surface area contributed by atoms with Crippen molar-refractivity contribution in [1.82, 2.24) is 0 Å². The van der Waals surface area contributed by atoms with Crippen LogP contribution < -0.4 is 0 Å². The van der Waals surface area contributed by atoms with E-state index >= 15 is 0 Å². The van der Waals surface area contributed by atoms with Crippen molar-refractivity contribution in [2.75, 3.05) is 27.7 Å². The Labute approximate surface area is 102 Å². The third-order valence-corrected chi connectivity index (χ3v) is 1.41. The Morgan fingerprint density at radius 3 is 1.67 bits per heavy atom. The van der Waals surface area contributed by atoms with Crippen LogP contribution in [-0.2, 0) is 9.59 Å². The molecule has 0 rings (SSSR count). The van der Waals surface area contributed by atoms with E-state index in [9.17, 15) is 18.0 Å². The van der Waals surface area contributed by atoms with Crippen molar-refractivity contribution >= 4 is 11.9 Å². The molecule has 108 valence electrons. The molecule has 1 unspecified atom stereocenters. The molecule has 0 aromatic carbocycles. The van der Waals surface area contributed by atoms with E-state index in [-0.39, 0.29) is 6.42 Å². The van der Waals surface area contributed by atoms with Crippen LogP contribution in [0.4, 0.5) is 13.2 Å². The Balaban J connectivity index is 0. The van der Waals surface area contributed by atoms with Crippen molar-refractivity contribution in [1.29, 1.82) is 0 Å². The third-order valence-electron chi connectivity index (χ3n) is 1.41. The van der Waals surface area contributed by atoms with Gasteiger partial charge in [0, 0.05) is 0 Å². The minimum Gasteiger partial charge on any atom is -0.481 e. The van der Waals surface area contributed by atoms with Crippen molar-refractivity contribution in [3.63, 3.8) is 0 Å². The number of quaternary nitrogens is 1. The zero-order chi connectivity index (χ0) is 15.1. The average Bonchev–Trinajstić information content (AvgIpc) is 1.96. The highest BCUT2D eigenvalue weighted by molar-refractivity contribution is 5.73. The molecular formula is C9H17F3NO5+. The van der Waals surface area contributed by atoms with E-state index in [0.717, 1.165) is 0 Å². The van der Waals surface area contributed by atoms with Gasteiger partial charge in [0.25, 0.3) is 0 Å². The number of likely N-dealkylation sites (N-methyl/N-ethyl adjacent to an activating group) is 1. The molecule has 0 aliphatic carbocycles. The zero-order valence-corrected chi connectivity index (χ0v) is 10.2. The Bertz CT molecular complexity index is 285. The summed E-state index contributed by atoms with van der Waals surface area (Å²) in [5, 5.41) is 24.6. The molecule has 6 nitrogen and oxygen atoms in total. The fraction of sp³-hybridized carbons (Fsp3) is 0.778. The Kier molecular flexibility index (Phi) is 7.56. The van der Waals surface area contributed by atoms with E-state index < -0.39 is 24.2 Å². The fourth-order valence-electron chi connectivity index (χ4n) is 0.898. The van der Waals surface area contributed by atoms with Crippen molar-refractivity contribution in [2.24, 2.45) is 0 Å². The Morgan fingerprint density at radius 2 is 1.50 bits per heavy atom. The van der Waals surface area contributed by atoms with Crippen molar-refractivity contribution < 1.29 is 42.6 Å². The monoisotopic (exact) mass is 276 g/mol. The smallest absolute Gasteiger partial charge is 0.481 e. The molecule has 0 fully saturated rings. The van der Waals surface area contributed by atoms with Gasteiger partial charge in [-0.2, -0.15) is 13.2 Å². The van der Waals surface area contributed by atoms with Gasteiger partial charge in [-0.3, -0.25) is 4.79 Å². The second-order valence-electron chi connectivity index (χ2n) is 4.53. The van der Waals surface area contributed by atoms with Gasteiger partial charge in [0.15, 0.2) is 0 Å². The summed E-state index contributed by atoms with van der Waals surface area (Å²) in [6.45, 7) is 0.465. The minimum atomic E-state index is -5.08. The van der Waals surface area contributed by atoms with Gasteiger partial charge >= 0.3 is 18.1 Å². The second-order valence-corrected chi connectivity index (χ2v) is 4.53. The number of alkyl halides is 3. The molecule has 1 atom stereocenters. The van der Waals surface area contributed by atoms with Crippen LogP contribution >= 0.6 is 0 Å². The molecule has 0 aromatic heterocycles. The third kappa shape index (κ3) is 14.6. The molecule has 0 spiro atoms. The van der Waals surface area contributed by atoms with Crippen LogP contribution in [0.25, 0.3) is 0 Å². The first-order chi connectivity index (χ1) is 7.75.